The Bertz CT molecular complexity index is 576. The van der Waals surface area contributed by atoms with Crippen LogP contribution in [0.15, 0.2) is 12.3 Å². The van der Waals surface area contributed by atoms with Crippen molar-refractivity contribution in [2.75, 3.05) is 24.5 Å². The highest BCUT2D eigenvalue weighted by molar-refractivity contribution is 7.87. The maximum Gasteiger partial charge on any atom is 0.274 e. The van der Waals surface area contributed by atoms with Crippen LogP contribution in [-0.4, -0.2) is 38.0 Å². The highest BCUT2D eigenvalue weighted by atomic mass is 32.2. The van der Waals surface area contributed by atoms with Gasteiger partial charge in [-0.25, -0.2) is 19.8 Å². The smallest absolute Gasteiger partial charge is 0.274 e. The molecule has 0 spiro atoms. The second kappa shape index (κ2) is 6.67. The Kier molecular flexibility index (Phi) is 5.13. The van der Waals surface area contributed by atoms with Crippen LogP contribution in [0.5, 0.6) is 0 Å². The predicted octanol–water partition coefficient (Wildman–Crippen LogP) is 0.610. The average molecular weight is 313 g/mol. The number of aromatic nitrogens is 2. The summed E-state index contributed by atoms with van der Waals surface area (Å²) in [7, 11) is -3.62. The molecule has 118 valence electrons. The molecule has 1 aliphatic rings. The molecule has 0 bridgehead atoms. The van der Waals surface area contributed by atoms with Crippen LogP contribution in [0.3, 0.4) is 0 Å². The van der Waals surface area contributed by atoms with Gasteiger partial charge in [-0.3, -0.25) is 0 Å². The van der Waals surface area contributed by atoms with Crippen LogP contribution in [0.25, 0.3) is 0 Å². The third-order valence-corrected chi connectivity index (χ3v) is 4.16. The molecule has 0 aromatic carbocycles. The van der Waals surface area contributed by atoms with Crippen LogP contribution in [0, 0.1) is 5.92 Å². The first kappa shape index (κ1) is 16.1. The van der Waals surface area contributed by atoms with E-state index in [-0.39, 0.29) is 11.8 Å². The summed E-state index contributed by atoms with van der Waals surface area (Å²) in [6.07, 6.45) is 3.78. The Labute approximate surface area is 126 Å². The molecule has 0 aliphatic carbocycles. The molecular weight excluding hydrogens is 290 g/mol. The lowest BCUT2D eigenvalue weighted by molar-refractivity contribution is 0.409. The van der Waals surface area contributed by atoms with E-state index in [1.807, 2.05) is 6.07 Å². The molecule has 1 atom stereocenters. The van der Waals surface area contributed by atoms with Crippen molar-refractivity contribution >= 4 is 16.0 Å². The fourth-order valence-electron chi connectivity index (χ4n) is 2.49. The molecule has 2 rings (SSSR count). The SMILES string of the molecule is CC(C)c1nccc(N2CCCC(CNS(N)(=O)=O)C2)n1. The Hall–Kier alpha value is -1.25. The summed E-state index contributed by atoms with van der Waals surface area (Å²) >= 11 is 0. The van der Waals surface area contributed by atoms with Crippen molar-refractivity contribution in [1.29, 1.82) is 0 Å². The number of nitrogens with zero attached hydrogens (tertiary/aromatic N) is 3. The van der Waals surface area contributed by atoms with Gasteiger partial charge in [-0.05, 0) is 24.8 Å². The van der Waals surface area contributed by atoms with E-state index in [2.05, 4.69) is 33.4 Å². The highest BCUT2D eigenvalue weighted by Crippen LogP contribution is 2.22. The molecule has 3 N–H and O–H groups in total. The van der Waals surface area contributed by atoms with Crippen molar-refractivity contribution in [2.45, 2.75) is 32.6 Å². The summed E-state index contributed by atoms with van der Waals surface area (Å²) in [6.45, 7) is 6.21. The van der Waals surface area contributed by atoms with Crippen molar-refractivity contribution in [3.8, 4) is 0 Å². The van der Waals surface area contributed by atoms with Gasteiger partial charge in [0.1, 0.15) is 11.6 Å². The topological polar surface area (TPSA) is 101 Å². The van der Waals surface area contributed by atoms with Gasteiger partial charge in [0.2, 0.25) is 0 Å². The Balaban J connectivity index is 2.02. The van der Waals surface area contributed by atoms with Gasteiger partial charge in [-0.15, -0.1) is 0 Å². The molecule has 1 aromatic heterocycles. The first-order chi connectivity index (χ1) is 9.85. The third kappa shape index (κ3) is 4.90. The van der Waals surface area contributed by atoms with Crippen molar-refractivity contribution < 1.29 is 8.42 Å². The maximum atomic E-state index is 11.0. The molecule has 8 heteroatoms. The largest absolute Gasteiger partial charge is 0.356 e. The number of nitrogens with two attached hydrogens (primary N) is 1. The summed E-state index contributed by atoms with van der Waals surface area (Å²) in [5.74, 6) is 2.27. The van der Waals surface area contributed by atoms with E-state index < -0.39 is 10.2 Å². The van der Waals surface area contributed by atoms with Gasteiger partial charge in [-0.1, -0.05) is 13.8 Å². The van der Waals surface area contributed by atoms with E-state index in [1.165, 1.54) is 0 Å². The second-order valence-electron chi connectivity index (χ2n) is 5.78. The van der Waals surface area contributed by atoms with E-state index in [0.717, 1.165) is 37.6 Å². The molecule has 2 heterocycles. The lowest BCUT2D eigenvalue weighted by Crippen LogP contribution is -2.42. The Morgan fingerprint density at radius 1 is 1.52 bits per heavy atom. The van der Waals surface area contributed by atoms with Crippen molar-refractivity contribution in [2.24, 2.45) is 11.1 Å². The lowest BCUT2D eigenvalue weighted by Gasteiger charge is -2.33. The molecule has 1 unspecified atom stereocenters. The fraction of sp³-hybridized carbons (Fsp3) is 0.692. The lowest BCUT2D eigenvalue weighted by atomic mass is 9.98. The normalized spacial score (nSPS) is 20.0. The number of rotatable bonds is 5. The molecule has 0 amide bonds. The summed E-state index contributed by atoms with van der Waals surface area (Å²) in [4.78, 5) is 11.1. The van der Waals surface area contributed by atoms with Crippen LogP contribution in [0.2, 0.25) is 0 Å². The molecule has 21 heavy (non-hydrogen) atoms. The third-order valence-electron chi connectivity index (χ3n) is 3.59. The standard InChI is InChI=1S/C13H23N5O2S/c1-10(2)13-15-6-5-12(17-13)18-7-3-4-11(9-18)8-16-21(14,19)20/h5-6,10-11,16H,3-4,7-9H2,1-2H3,(H2,14,19,20). The predicted molar refractivity (Wildman–Crippen MR) is 82.2 cm³/mol. The van der Waals surface area contributed by atoms with Crippen molar-refractivity contribution in [1.82, 2.24) is 14.7 Å². The molecule has 1 aliphatic heterocycles. The van der Waals surface area contributed by atoms with E-state index in [4.69, 9.17) is 5.14 Å². The van der Waals surface area contributed by atoms with Gasteiger partial charge in [0.25, 0.3) is 10.2 Å². The fourth-order valence-corrected chi connectivity index (χ4v) is 2.96. The minimum Gasteiger partial charge on any atom is -0.356 e. The molecular formula is C13H23N5O2S. The Morgan fingerprint density at radius 3 is 2.95 bits per heavy atom. The van der Waals surface area contributed by atoms with Crippen LogP contribution < -0.4 is 14.8 Å². The number of hydrogen-bond acceptors (Lipinski definition) is 5. The van der Waals surface area contributed by atoms with Gasteiger partial charge in [0.05, 0.1) is 0 Å². The summed E-state index contributed by atoms with van der Waals surface area (Å²) in [5.41, 5.74) is 0. The quantitative estimate of drug-likeness (QED) is 0.829. The van der Waals surface area contributed by atoms with Gasteiger partial charge in [0.15, 0.2) is 0 Å². The molecule has 1 saturated heterocycles. The second-order valence-corrected chi connectivity index (χ2v) is 7.15. The molecule has 1 aromatic rings. The zero-order valence-electron chi connectivity index (χ0n) is 12.5. The van der Waals surface area contributed by atoms with Gasteiger partial charge >= 0.3 is 0 Å². The Morgan fingerprint density at radius 2 is 2.29 bits per heavy atom. The highest BCUT2D eigenvalue weighted by Gasteiger charge is 2.22. The van der Waals surface area contributed by atoms with E-state index in [1.54, 1.807) is 6.20 Å². The van der Waals surface area contributed by atoms with Crippen molar-refractivity contribution in [3.63, 3.8) is 0 Å². The maximum absolute atomic E-state index is 11.0. The van der Waals surface area contributed by atoms with E-state index in [9.17, 15) is 8.42 Å². The van der Waals surface area contributed by atoms with Crippen LogP contribution >= 0.6 is 0 Å². The summed E-state index contributed by atoms with van der Waals surface area (Å²) in [5, 5.41) is 4.98. The van der Waals surface area contributed by atoms with E-state index >= 15 is 0 Å². The zero-order chi connectivity index (χ0) is 15.5. The number of hydrogen-bond donors (Lipinski definition) is 2. The van der Waals surface area contributed by atoms with Crippen LogP contribution in [-0.2, 0) is 10.2 Å². The number of anilines is 1. The molecule has 0 radical (unpaired) electrons. The summed E-state index contributed by atoms with van der Waals surface area (Å²) in [6, 6.07) is 1.90. The van der Waals surface area contributed by atoms with Gasteiger partial charge in [-0.2, -0.15) is 8.42 Å². The minimum atomic E-state index is -3.62. The van der Waals surface area contributed by atoms with Gasteiger partial charge < -0.3 is 4.90 Å². The van der Waals surface area contributed by atoms with Crippen molar-refractivity contribution in [3.05, 3.63) is 18.1 Å². The van der Waals surface area contributed by atoms with Gasteiger partial charge in [0, 0.05) is 31.7 Å². The first-order valence-corrected chi connectivity index (χ1v) is 8.75. The average Bonchev–Trinajstić information content (AvgIpc) is 2.45. The first-order valence-electron chi connectivity index (χ1n) is 7.20. The minimum absolute atomic E-state index is 0.245. The molecule has 0 saturated carbocycles. The monoisotopic (exact) mass is 313 g/mol. The zero-order valence-corrected chi connectivity index (χ0v) is 13.3. The van der Waals surface area contributed by atoms with Crippen LogP contribution in [0.4, 0.5) is 5.82 Å². The van der Waals surface area contributed by atoms with E-state index in [0.29, 0.717) is 6.54 Å². The van der Waals surface area contributed by atoms with Crippen LogP contribution in [0.1, 0.15) is 38.4 Å². The summed E-state index contributed by atoms with van der Waals surface area (Å²) < 4.78 is 24.3. The number of nitrogens with one attached hydrogen (secondary N) is 1. The number of piperidine rings is 1. The molecule has 7 nitrogen and oxygen atoms in total. The molecule has 1 fully saturated rings.